The third kappa shape index (κ3) is 12.4. The Balaban J connectivity index is 3.47. The van der Waals surface area contributed by atoms with E-state index < -0.39 is 5.97 Å². The average molecular weight is 248 g/mol. The van der Waals surface area contributed by atoms with Gasteiger partial charge in [0.05, 0.1) is 0 Å². The van der Waals surface area contributed by atoms with Crippen molar-refractivity contribution in [3.8, 4) is 23.7 Å². The van der Waals surface area contributed by atoms with Gasteiger partial charge in [0.2, 0.25) is 0 Å². The summed E-state index contributed by atoms with van der Waals surface area (Å²) >= 11 is 0. The van der Waals surface area contributed by atoms with Crippen LogP contribution in [0.1, 0.15) is 32.1 Å². The Kier molecular flexibility index (Phi) is 12.1. The van der Waals surface area contributed by atoms with Gasteiger partial charge in [-0.05, 0) is 37.0 Å². The number of methoxy groups -OCH3 is 1. The molecule has 0 aliphatic carbocycles. The Morgan fingerprint density at radius 1 is 1.22 bits per heavy atom. The minimum atomic E-state index is -0.415. The number of carbonyl (C=O) groups is 1. The van der Waals surface area contributed by atoms with Crippen LogP contribution in [0, 0.1) is 23.7 Å². The monoisotopic (exact) mass is 248 g/mol. The Labute approximate surface area is 110 Å². The number of hydrogen-bond acceptors (Lipinski definition) is 3. The molecule has 0 atom stereocenters. The minimum Gasteiger partial charge on any atom is -0.451 e. The van der Waals surface area contributed by atoms with Gasteiger partial charge >= 0.3 is 5.97 Å². The number of unbranched alkanes of at least 4 members (excludes halogenated alkanes) is 4. The van der Waals surface area contributed by atoms with Crippen molar-refractivity contribution in [3.63, 3.8) is 0 Å². The zero-order valence-corrected chi connectivity index (χ0v) is 11.0. The zero-order chi connectivity index (χ0) is 13.5. The van der Waals surface area contributed by atoms with E-state index in [1.807, 2.05) is 6.08 Å². The molecule has 0 N–H and O–H groups in total. The van der Waals surface area contributed by atoms with Gasteiger partial charge in [0.1, 0.15) is 6.61 Å². The van der Waals surface area contributed by atoms with Crippen LogP contribution < -0.4 is 0 Å². The lowest BCUT2D eigenvalue weighted by Gasteiger charge is -1.96. The molecular weight excluding hydrogens is 228 g/mol. The van der Waals surface area contributed by atoms with Gasteiger partial charge in [-0.25, -0.2) is 4.79 Å². The van der Waals surface area contributed by atoms with Crippen LogP contribution in [0.25, 0.3) is 0 Å². The van der Waals surface area contributed by atoms with E-state index >= 15 is 0 Å². The van der Waals surface area contributed by atoms with Gasteiger partial charge in [-0.15, -0.1) is 6.58 Å². The van der Waals surface area contributed by atoms with Crippen LogP contribution in [0.15, 0.2) is 12.7 Å². The number of carbonyl (C=O) groups excluding carboxylic acids is 1. The van der Waals surface area contributed by atoms with Crippen molar-refractivity contribution in [2.75, 3.05) is 20.3 Å². The Bertz CT molecular complexity index is 349. The smallest absolute Gasteiger partial charge is 0.333 e. The lowest BCUT2D eigenvalue weighted by Crippen LogP contribution is -2.10. The summed E-state index contributed by atoms with van der Waals surface area (Å²) in [6.07, 6.45) is 7.29. The molecule has 0 fully saturated rings. The van der Waals surface area contributed by atoms with Crippen LogP contribution >= 0.6 is 0 Å². The largest absolute Gasteiger partial charge is 0.451 e. The molecule has 0 spiro atoms. The summed E-state index contributed by atoms with van der Waals surface area (Å²) in [4.78, 5) is 10.8. The topological polar surface area (TPSA) is 35.5 Å². The molecule has 0 saturated heterocycles. The van der Waals surface area contributed by atoms with Crippen LogP contribution in [0.4, 0.5) is 0 Å². The van der Waals surface area contributed by atoms with E-state index in [1.165, 1.54) is 20.0 Å². The van der Waals surface area contributed by atoms with E-state index in [0.717, 1.165) is 19.3 Å². The second-order valence-corrected chi connectivity index (χ2v) is 3.59. The number of esters is 1. The molecule has 0 aromatic rings. The number of rotatable bonds is 8. The Hall–Kier alpha value is -1.71. The summed E-state index contributed by atoms with van der Waals surface area (Å²) in [5, 5.41) is 0. The Morgan fingerprint density at radius 2 is 2.00 bits per heavy atom. The highest BCUT2D eigenvalue weighted by molar-refractivity contribution is 5.70. The van der Waals surface area contributed by atoms with Crippen LogP contribution in [0.3, 0.4) is 0 Å². The maximum atomic E-state index is 10.8. The molecule has 18 heavy (non-hydrogen) atoms. The van der Waals surface area contributed by atoms with Gasteiger partial charge in [-0.3, -0.25) is 0 Å². The fourth-order valence-electron chi connectivity index (χ4n) is 1.14. The van der Waals surface area contributed by atoms with Crippen molar-refractivity contribution in [2.45, 2.75) is 32.1 Å². The molecule has 98 valence electrons. The van der Waals surface area contributed by atoms with Crippen LogP contribution in [0.5, 0.6) is 0 Å². The van der Waals surface area contributed by atoms with Crippen molar-refractivity contribution in [1.29, 1.82) is 0 Å². The summed E-state index contributed by atoms with van der Waals surface area (Å²) in [5.74, 6) is 10.6. The molecule has 0 radical (unpaired) electrons. The normalized spacial score (nSPS) is 8.50. The van der Waals surface area contributed by atoms with Crippen LogP contribution in [-0.2, 0) is 14.3 Å². The van der Waals surface area contributed by atoms with E-state index in [9.17, 15) is 4.79 Å². The fraction of sp³-hybridized carbons (Fsp3) is 0.533. The highest BCUT2D eigenvalue weighted by Gasteiger charge is 1.97. The molecule has 3 heteroatoms. The number of ether oxygens (including phenoxy) is 2. The van der Waals surface area contributed by atoms with Gasteiger partial charge in [-0.1, -0.05) is 18.4 Å². The minimum absolute atomic E-state index is 0.0436. The Morgan fingerprint density at radius 3 is 2.72 bits per heavy atom. The number of allylic oxidation sites excluding steroid dienone is 1. The molecule has 0 heterocycles. The number of hydrogen-bond donors (Lipinski definition) is 0. The molecule has 0 aliphatic heterocycles. The molecule has 0 unspecified atom stereocenters. The summed E-state index contributed by atoms with van der Waals surface area (Å²) in [7, 11) is 1.44. The third-order valence-electron chi connectivity index (χ3n) is 2.02. The van der Waals surface area contributed by atoms with Gasteiger partial charge < -0.3 is 9.47 Å². The fourth-order valence-corrected chi connectivity index (χ4v) is 1.14. The second-order valence-electron chi connectivity index (χ2n) is 3.59. The van der Waals surface area contributed by atoms with Crippen molar-refractivity contribution < 1.29 is 14.3 Å². The van der Waals surface area contributed by atoms with Gasteiger partial charge in [0.25, 0.3) is 0 Å². The van der Waals surface area contributed by atoms with E-state index in [0.29, 0.717) is 0 Å². The highest BCUT2D eigenvalue weighted by Crippen LogP contribution is 2.01. The summed E-state index contributed by atoms with van der Waals surface area (Å²) in [6, 6.07) is 0. The summed E-state index contributed by atoms with van der Waals surface area (Å²) in [5.41, 5.74) is 0. The lowest BCUT2D eigenvalue weighted by atomic mass is 10.1. The SMILES string of the molecule is C=CCCCCCC#CC#CCOC(=O)COC. The van der Waals surface area contributed by atoms with Gasteiger partial charge in [0, 0.05) is 13.5 Å². The van der Waals surface area contributed by atoms with Crippen LogP contribution in [0.2, 0.25) is 0 Å². The molecule has 0 aromatic heterocycles. The van der Waals surface area contributed by atoms with E-state index in [-0.39, 0.29) is 13.2 Å². The highest BCUT2D eigenvalue weighted by atomic mass is 16.6. The quantitative estimate of drug-likeness (QED) is 0.286. The van der Waals surface area contributed by atoms with Gasteiger partial charge in [0.15, 0.2) is 6.61 Å². The van der Waals surface area contributed by atoms with Crippen molar-refractivity contribution in [1.82, 2.24) is 0 Å². The zero-order valence-electron chi connectivity index (χ0n) is 11.0. The molecule has 3 nitrogen and oxygen atoms in total. The molecule has 0 saturated carbocycles. The van der Waals surface area contributed by atoms with Crippen LogP contribution in [-0.4, -0.2) is 26.3 Å². The van der Waals surface area contributed by atoms with E-state index in [2.05, 4.69) is 35.0 Å². The van der Waals surface area contributed by atoms with Gasteiger partial charge in [-0.2, -0.15) is 0 Å². The van der Waals surface area contributed by atoms with Crippen molar-refractivity contribution in [2.24, 2.45) is 0 Å². The first-order valence-corrected chi connectivity index (χ1v) is 6.02. The maximum absolute atomic E-state index is 10.8. The lowest BCUT2D eigenvalue weighted by molar-refractivity contribution is -0.146. The predicted octanol–water partition coefficient (Wildman–Crippen LogP) is 2.32. The molecule has 0 bridgehead atoms. The summed E-state index contributed by atoms with van der Waals surface area (Å²) < 4.78 is 9.34. The van der Waals surface area contributed by atoms with E-state index in [1.54, 1.807) is 0 Å². The molecule has 0 rings (SSSR count). The maximum Gasteiger partial charge on any atom is 0.333 e. The predicted molar refractivity (Wildman–Crippen MR) is 71.7 cm³/mol. The summed E-state index contributed by atoms with van der Waals surface area (Å²) in [6.45, 7) is 3.69. The molecular formula is C15H20O3. The van der Waals surface area contributed by atoms with E-state index in [4.69, 9.17) is 4.74 Å². The average Bonchev–Trinajstić information content (AvgIpc) is 2.36. The first-order chi connectivity index (χ1) is 8.81. The standard InChI is InChI=1S/C15H20O3/c1-3-4-5-6-7-8-9-10-11-12-13-18-15(16)14-17-2/h3H,1,4-8,13-14H2,2H3. The van der Waals surface area contributed by atoms with Crippen molar-refractivity contribution in [3.05, 3.63) is 12.7 Å². The molecule has 0 aromatic carbocycles. The first kappa shape index (κ1) is 16.3. The second kappa shape index (κ2) is 13.4. The molecule has 0 amide bonds. The molecule has 0 aliphatic rings. The third-order valence-corrected chi connectivity index (χ3v) is 2.02. The van der Waals surface area contributed by atoms with Crippen molar-refractivity contribution >= 4 is 5.97 Å². The first-order valence-electron chi connectivity index (χ1n) is 6.02.